The molecule has 1 N–H and O–H groups in total. The molecule has 0 saturated heterocycles. The number of rotatable bonds is 5. The number of nitrogens with one attached hydrogen (secondary N) is 1. The summed E-state index contributed by atoms with van der Waals surface area (Å²) < 4.78 is 6.78. The van der Waals surface area contributed by atoms with Crippen molar-refractivity contribution in [3.8, 4) is 11.4 Å². The van der Waals surface area contributed by atoms with Gasteiger partial charge in [0.15, 0.2) is 0 Å². The highest BCUT2D eigenvalue weighted by atomic mass is 16.5. The Labute approximate surface area is 146 Å². The number of hydrogen-bond donors (Lipinski definition) is 1. The molecule has 0 amide bonds. The first-order valence-corrected chi connectivity index (χ1v) is 8.11. The van der Waals surface area contributed by atoms with Crippen LogP contribution in [0, 0.1) is 6.92 Å². The lowest BCUT2D eigenvalue weighted by Gasteiger charge is -2.03. The molecular formula is C20H21N3O2. The molecule has 0 radical (unpaired) electrons. The minimum Gasteiger partial charge on any atom is -0.497 e. The van der Waals surface area contributed by atoms with Crippen molar-refractivity contribution >= 4 is 5.71 Å². The molecule has 5 heteroatoms. The van der Waals surface area contributed by atoms with Crippen molar-refractivity contribution in [1.29, 1.82) is 0 Å². The van der Waals surface area contributed by atoms with Gasteiger partial charge in [0.2, 0.25) is 0 Å². The maximum absolute atomic E-state index is 12.8. The smallest absolute Gasteiger partial charge is 0.280 e. The molecule has 128 valence electrons. The van der Waals surface area contributed by atoms with E-state index in [0.29, 0.717) is 12.1 Å². The summed E-state index contributed by atoms with van der Waals surface area (Å²) in [6.45, 7) is 4.26. The Morgan fingerprint density at radius 3 is 2.64 bits per heavy atom. The number of hydrogen-bond acceptors (Lipinski definition) is 3. The van der Waals surface area contributed by atoms with Crippen molar-refractivity contribution in [2.45, 2.75) is 20.4 Å². The first-order valence-electron chi connectivity index (χ1n) is 8.11. The summed E-state index contributed by atoms with van der Waals surface area (Å²) in [6.07, 6.45) is 0. The van der Waals surface area contributed by atoms with E-state index < -0.39 is 0 Å². The van der Waals surface area contributed by atoms with Crippen LogP contribution in [-0.2, 0) is 6.54 Å². The highest BCUT2D eigenvalue weighted by Crippen LogP contribution is 2.14. The maximum atomic E-state index is 12.8. The molecule has 0 spiro atoms. The zero-order chi connectivity index (χ0) is 17.8. The van der Waals surface area contributed by atoms with Crippen LogP contribution in [0.25, 0.3) is 5.69 Å². The second-order valence-electron chi connectivity index (χ2n) is 5.84. The van der Waals surface area contributed by atoms with Crippen LogP contribution in [0.15, 0.2) is 64.4 Å². The third kappa shape index (κ3) is 3.55. The van der Waals surface area contributed by atoms with Gasteiger partial charge in [0, 0.05) is 11.4 Å². The fourth-order valence-corrected chi connectivity index (χ4v) is 2.79. The Morgan fingerprint density at radius 1 is 1.16 bits per heavy atom. The Bertz CT molecular complexity index is 953. The van der Waals surface area contributed by atoms with Gasteiger partial charge in [0.25, 0.3) is 5.56 Å². The van der Waals surface area contributed by atoms with E-state index in [1.807, 2.05) is 68.4 Å². The van der Waals surface area contributed by atoms with E-state index in [4.69, 9.17) is 4.74 Å². The van der Waals surface area contributed by atoms with Crippen LogP contribution in [0.2, 0.25) is 0 Å². The second kappa shape index (κ2) is 7.21. The molecule has 0 bridgehead atoms. The zero-order valence-electron chi connectivity index (χ0n) is 14.6. The van der Waals surface area contributed by atoms with Crippen LogP contribution in [-0.4, -0.2) is 22.6 Å². The van der Waals surface area contributed by atoms with Crippen molar-refractivity contribution in [3.05, 3.63) is 81.8 Å². The quantitative estimate of drug-likeness (QED) is 0.726. The summed E-state index contributed by atoms with van der Waals surface area (Å²) in [5.74, 6) is 0.801. The highest BCUT2D eigenvalue weighted by molar-refractivity contribution is 5.99. The molecule has 25 heavy (non-hydrogen) atoms. The molecule has 0 aliphatic carbocycles. The molecule has 3 rings (SSSR count). The fraction of sp³-hybridized carbons (Fsp3) is 0.200. The number of aryl methyl sites for hydroxylation is 1. The monoisotopic (exact) mass is 335 g/mol. The van der Waals surface area contributed by atoms with E-state index in [9.17, 15) is 4.79 Å². The number of aliphatic imine (C=N–C) groups is 1. The SMILES string of the molecule is COc1cccc(CN=C(C)c2c(C)[nH]n(-c3ccccc3)c2=O)c1. The van der Waals surface area contributed by atoms with Crippen LogP contribution >= 0.6 is 0 Å². The van der Waals surface area contributed by atoms with E-state index in [1.165, 1.54) is 0 Å². The van der Waals surface area contributed by atoms with Gasteiger partial charge in [-0.05, 0) is 43.7 Å². The summed E-state index contributed by atoms with van der Waals surface area (Å²) >= 11 is 0. The topological polar surface area (TPSA) is 59.4 Å². The first kappa shape index (κ1) is 16.8. The Kier molecular flexibility index (Phi) is 4.84. The summed E-state index contributed by atoms with van der Waals surface area (Å²) in [4.78, 5) is 17.4. The Hall–Kier alpha value is -3.08. The standard InChI is InChI=1S/C20H21N3O2/c1-14(21-13-16-8-7-11-18(12-16)25-3)19-15(2)22-23(20(19)24)17-9-5-4-6-10-17/h4-12,22H,13H2,1-3H3. The zero-order valence-corrected chi connectivity index (χ0v) is 14.6. The molecule has 5 nitrogen and oxygen atoms in total. The molecule has 0 fully saturated rings. The largest absolute Gasteiger partial charge is 0.497 e. The number of nitrogens with zero attached hydrogens (tertiary/aromatic N) is 2. The normalized spacial score (nSPS) is 11.6. The lowest BCUT2D eigenvalue weighted by atomic mass is 10.1. The highest BCUT2D eigenvalue weighted by Gasteiger charge is 2.14. The summed E-state index contributed by atoms with van der Waals surface area (Å²) in [7, 11) is 1.64. The van der Waals surface area contributed by atoms with Crippen molar-refractivity contribution in [1.82, 2.24) is 9.78 Å². The van der Waals surface area contributed by atoms with Crippen molar-refractivity contribution in [3.63, 3.8) is 0 Å². The lowest BCUT2D eigenvalue weighted by molar-refractivity contribution is 0.414. The maximum Gasteiger partial charge on any atom is 0.280 e. The van der Waals surface area contributed by atoms with Crippen LogP contribution in [0.3, 0.4) is 0 Å². The first-order chi connectivity index (χ1) is 12.1. The van der Waals surface area contributed by atoms with Crippen LogP contribution in [0.4, 0.5) is 0 Å². The average Bonchev–Trinajstić information content (AvgIpc) is 2.95. The number of aromatic amines is 1. The minimum absolute atomic E-state index is 0.0874. The van der Waals surface area contributed by atoms with Crippen molar-refractivity contribution in [2.24, 2.45) is 4.99 Å². The third-order valence-corrected chi connectivity index (χ3v) is 4.08. The van der Waals surface area contributed by atoms with Gasteiger partial charge in [0.05, 0.1) is 24.9 Å². The minimum atomic E-state index is -0.0874. The molecule has 1 heterocycles. The Balaban J connectivity index is 1.91. The second-order valence-corrected chi connectivity index (χ2v) is 5.84. The van der Waals surface area contributed by atoms with Gasteiger partial charge in [-0.15, -0.1) is 0 Å². The van der Waals surface area contributed by atoms with Crippen molar-refractivity contribution < 1.29 is 4.74 Å². The number of aromatic nitrogens is 2. The number of H-pyrrole nitrogens is 1. The Morgan fingerprint density at radius 2 is 1.92 bits per heavy atom. The van der Waals surface area contributed by atoms with E-state index in [1.54, 1.807) is 11.8 Å². The summed E-state index contributed by atoms with van der Waals surface area (Å²) in [6, 6.07) is 17.3. The van der Waals surface area contributed by atoms with Gasteiger partial charge >= 0.3 is 0 Å². The molecule has 1 aromatic heterocycles. The molecule has 0 aliphatic heterocycles. The number of methoxy groups -OCH3 is 1. The number of ether oxygens (including phenoxy) is 1. The third-order valence-electron chi connectivity index (χ3n) is 4.08. The van der Waals surface area contributed by atoms with Gasteiger partial charge in [0.1, 0.15) is 5.75 Å². The van der Waals surface area contributed by atoms with Crippen LogP contribution in [0.5, 0.6) is 5.75 Å². The molecule has 0 saturated carbocycles. The average molecular weight is 335 g/mol. The fourth-order valence-electron chi connectivity index (χ4n) is 2.79. The van der Waals surface area contributed by atoms with E-state index in [2.05, 4.69) is 10.1 Å². The molecule has 0 atom stereocenters. The molecule has 3 aromatic rings. The van der Waals surface area contributed by atoms with E-state index in [0.717, 1.165) is 28.4 Å². The van der Waals surface area contributed by atoms with E-state index >= 15 is 0 Å². The molecular weight excluding hydrogens is 314 g/mol. The number of benzene rings is 2. The number of para-hydroxylation sites is 1. The predicted molar refractivity (Wildman–Crippen MR) is 100 cm³/mol. The molecule has 0 unspecified atom stereocenters. The van der Waals surface area contributed by atoms with Gasteiger partial charge in [-0.3, -0.25) is 14.9 Å². The predicted octanol–water partition coefficient (Wildman–Crippen LogP) is 3.49. The van der Waals surface area contributed by atoms with Gasteiger partial charge in [-0.25, -0.2) is 4.68 Å². The van der Waals surface area contributed by atoms with Crippen LogP contribution in [0.1, 0.15) is 23.7 Å². The van der Waals surface area contributed by atoms with Gasteiger partial charge in [-0.2, -0.15) is 0 Å². The van der Waals surface area contributed by atoms with Gasteiger partial charge in [-0.1, -0.05) is 30.3 Å². The molecule has 0 aliphatic rings. The van der Waals surface area contributed by atoms with E-state index in [-0.39, 0.29) is 5.56 Å². The lowest BCUT2D eigenvalue weighted by Crippen LogP contribution is -2.19. The van der Waals surface area contributed by atoms with Crippen molar-refractivity contribution in [2.75, 3.05) is 7.11 Å². The molecule has 2 aromatic carbocycles. The van der Waals surface area contributed by atoms with Gasteiger partial charge < -0.3 is 4.74 Å². The summed E-state index contributed by atoms with van der Waals surface area (Å²) in [5.41, 5.74) is 3.90. The summed E-state index contributed by atoms with van der Waals surface area (Å²) in [5, 5.41) is 3.13. The van der Waals surface area contributed by atoms with Crippen LogP contribution < -0.4 is 10.3 Å².